The van der Waals surface area contributed by atoms with Crippen molar-refractivity contribution < 1.29 is 27.4 Å². The molecular formula is C21H19FO5S. The summed E-state index contributed by atoms with van der Waals surface area (Å²) in [4.78, 5) is 11.3. The highest BCUT2D eigenvalue weighted by atomic mass is 32.2. The molecule has 0 bridgehead atoms. The van der Waals surface area contributed by atoms with Crippen molar-refractivity contribution in [1.82, 2.24) is 0 Å². The molecule has 3 rings (SSSR count). The van der Waals surface area contributed by atoms with Gasteiger partial charge < -0.3 is 9.84 Å². The molecule has 0 heterocycles. The Morgan fingerprint density at radius 1 is 1.00 bits per heavy atom. The van der Waals surface area contributed by atoms with Gasteiger partial charge in [-0.25, -0.2) is 12.8 Å². The highest BCUT2D eigenvalue weighted by Crippen LogP contribution is 2.24. The van der Waals surface area contributed by atoms with Crippen molar-refractivity contribution in [2.45, 2.75) is 24.5 Å². The van der Waals surface area contributed by atoms with Crippen LogP contribution >= 0.6 is 0 Å². The number of carboxylic acids is 1. The highest BCUT2D eigenvalue weighted by Gasteiger charge is 2.10. The smallest absolute Gasteiger partial charge is 0.307 e. The Bertz CT molecular complexity index is 1120. The molecule has 0 aliphatic rings. The number of fused-ring (bicyclic) bond motifs is 1. The van der Waals surface area contributed by atoms with Gasteiger partial charge in [0.1, 0.15) is 5.82 Å². The Morgan fingerprint density at radius 2 is 1.71 bits per heavy atom. The van der Waals surface area contributed by atoms with Gasteiger partial charge >= 0.3 is 5.97 Å². The third-order valence-corrected chi connectivity index (χ3v) is 5.42. The Balaban J connectivity index is 1.79. The fourth-order valence-corrected chi connectivity index (χ4v) is 3.61. The Labute approximate surface area is 162 Å². The third-order valence-electron chi connectivity index (χ3n) is 4.29. The van der Waals surface area contributed by atoms with Crippen molar-refractivity contribution in [2.24, 2.45) is 0 Å². The van der Waals surface area contributed by atoms with Crippen molar-refractivity contribution in [3.05, 3.63) is 77.1 Å². The number of benzene rings is 3. The van der Waals surface area contributed by atoms with Crippen molar-refractivity contribution in [2.75, 3.05) is 6.26 Å². The van der Waals surface area contributed by atoms with Gasteiger partial charge in [-0.3, -0.25) is 4.79 Å². The third kappa shape index (κ3) is 4.94. The molecule has 146 valence electrons. The normalized spacial score (nSPS) is 11.6. The van der Waals surface area contributed by atoms with Crippen LogP contribution in [0.4, 0.5) is 4.39 Å². The van der Waals surface area contributed by atoms with E-state index in [1.54, 1.807) is 30.3 Å². The number of hydrogen-bond donors (Lipinski definition) is 1. The van der Waals surface area contributed by atoms with Gasteiger partial charge in [0.05, 0.1) is 24.5 Å². The second-order valence-electron chi connectivity index (χ2n) is 6.60. The predicted molar refractivity (Wildman–Crippen MR) is 103 cm³/mol. The van der Waals surface area contributed by atoms with Crippen LogP contribution in [0.3, 0.4) is 0 Å². The first-order valence-corrected chi connectivity index (χ1v) is 10.4. The van der Waals surface area contributed by atoms with E-state index in [4.69, 9.17) is 9.84 Å². The van der Waals surface area contributed by atoms with Crippen LogP contribution < -0.4 is 0 Å². The van der Waals surface area contributed by atoms with Crippen molar-refractivity contribution >= 4 is 26.6 Å². The van der Waals surface area contributed by atoms with Crippen LogP contribution in [0, 0.1) is 5.82 Å². The first kappa shape index (κ1) is 20.0. The number of aliphatic carboxylic acids is 1. The van der Waals surface area contributed by atoms with E-state index in [1.807, 2.05) is 0 Å². The Hall–Kier alpha value is -2.77. The van der Waals surface area contributed by atoms with Gasteiger partial charge in [0.25, 0.3) is 0 Å². The van der Waals surface area contributed by atoms with E-state index in [1.165, 1.54) is 24.3 Å². The van der Waals surface area contributed by atoms with Crippen LogP contribution in [-0.4, -0.2) is 25.7 Å². The SMILES string of the molecule is CS(=O)(=O)c1ccc(COCc2cc(CC(=O)O)cc3ccc(F)cc23)cc1. The molecule has 0 spiro atoms. The molecule has 7 heteroatoms. The number of carbonyl (C=O) groups is 1. The first-order valence-electron chi connectivity index (χ1n) is 8.52. The monoisotopic (exact) mass is 402 g/mol. The molecule has 0 amide bonds. The van der Waals surface area contributed by atoms with Crippen molar-refractivity contribution in [3.63, 3.8) is 0 Å². The zero-order chi connectivity index (χ0) is 20.3. The molecule has 0 aliphatic carbocycles. The molecular weight excluding hydrogens is 383 g/mol. The molecule has 0 atom stereocenters. The fraction of sp³-hybridized carbons (Fsp3) is 0.190. The minimum Gasteiger partial charge on any atom is -0.481 e. The average molecular weight is 402 g/mol. The van der Waals surface area contributed by atoms with Crippen LogP contribution in [0.1, 0.15) is 16.7 Å². The summed E-state index contributed by atoms with van der Waals surface area (Å²) in [6.07, 6.45) is 1.01. The summed E-state index contributed by atoms with van der Waals surface area (Å²) in [5.74, 6) is -1.32. The maximum absolute atomic E-state index is 13.7. The number of carboxylic acid groups (broad SMARTS) is 1. The summed E-state index contributed by atoms with van der Waals surface area (Å²) in [5, 5.41) is 10.5. The molecule has 0 radical (unpaired) electrons. The summed E-state index contributed by atoms with van der Waals surface area (Å²) in [6, 6.07) is 14.2. The second kappa shape index (κ2) is 8.08. The molecule has 0 unspecified atom stereocenters. The van der Waals surface area contributed by atoms with Crippen LogP contribution in [-0.2, 0) is 39.0 Å². The lowest BCUT2D eigenvalue weighted by molar-refractivity contribution is -0.136. The Morgan fingerprint density at radius 3 is 2.36 bits per heavy atom. The molecule has 1 N–H and O–H groups in total. The van der Waals surface area contributed by atoms with Crippen LogP contribution in [0.15, 0.2) is 59.5 Å². The number of ether oxygens (including phenoxy) is 1. The van der Waals surface area contributed by atoms with Gasteiger partial charge in [0, 0.05) is 6.26 Å². The zero-order valence-corrected chi connectivity index (χ0v) is 16.0. The topological polar surface area (TPSA) is 80.7 Å². The standard InChI is InChI=1S/C21H19FO5S/c1-28(25,26)19-6-2-14(3-7-19)12-27-13-17-9-15(10-21(23)24)8-16-4-5-18(22)11-20(16)17/h2-9,11H,10,12-13H2,1H3,(H,23,24). The predicted octanol–water partition coefficient (Wildman–Crippen LogP) is 3.73. The molecule has 28 heavy (non-hydrogen) atoms. The van der Waals surface area contributed by atoms with E-state index in [9.17, 15) is 17.6 Å². The fourth-order valence-electron chi connectivity index (χ4n) is 2.98. The minimum atomic E-state index is -3.25. The first-order chi connectivity index (χ1) is 13.2. The van der Waals surface area contributed by atoms with E-state index in [-0.39, 0.29) is 30.3 Å². The molecule has 0 aliphatic heterocycles. The van der Waals surface area contributed by atoms with E-state index in [0.717, 1.165) is 17.2 Å². The van der Waals surface area contributed by atoms with Crippen molar-refractivity contribution in [1.29, 1.82) is 0 Å². The molecule has 0 fully saturated rings. The van der Waals surface area contributed by atoms with E-state index in [0.29, 0.717) is 16.5 Å². The minimum absolute atomic E-state index is 0.132. The number of halogens is 1. The highest BCUT2D eigenvalue weighted by molar-refractivity contribution is 7.90. The van der Waals surface area contributed by atoms with Gasteiger partial charge in [-0.2, -0.15) is 0 Å². The second-order valence-corrected chi connectivity index (χ2v) is 8.62. The Kier molecular flexibility index (Phi) is 5.76. The lowest BCUT2D eigenvalue weighted by atomic mass is 9.99. The largest absolute Gasteiger partial charge is 0.481 e. The van der Waals surface area contributed by atoms with Crippen molar-refractivity contribution in [3.8, 4) is 0 Å². The number of rotatable bonds is 7. The summed E-state index contributed by atoms with van der Waals surface area (Å²) in [5.41, 5.74) is 2.10. The van der Waals surface area contributed by atoms with E-state index in [2.05, 4.69) is 0 Å². The maximum Gasteiger partial charge on any atom is 0.307 e. The quantitative estimate of drug-likeness (QED) is 0.651. The average Bonchev–Trinajstić information content (AvgIpc) is 2.61. The molecule has 5 nitrogen and oxygen atoms in total. The van der Waals surface area contributed by atoms with Gasteiger partial charge in [-0.1, -0.05) is 30.3 Å². The van der Waals surface area contributed by atoms with Crippen LogP contribution in [0.25, 0.3) is 10.8 Å². The summed E-state index contributed by atoms with van der Waals surface area (Å²) < 4.78 is 42.4. The van der Waals surface area contributed by atoms with E-state index >= 15 is 0 Å². The zero-order valence-electron chi connectivity index (χ0n) is 15.2. The van der Waals surface area contributed by atoms with Crippen LogP contribution in [0.2, 0.25) is 0 Å². The lowest BCUT2D eigenvalue weighted by Gasteiger charge is -2.11. The number of sulfone groups is 1. The number of hydrogen-bond acceptors (Lipinski definition) is 4. The molecule has 3 aromatic carbocycles. The lowest BCUT2D eigenvalue weighted by Crippen LogP contribution is -2.02. The van der Waals surface area contributed by atoms with Gasteiger partial charge in [0.15, 0.2) is 9.84 Å². The molecule has 3 aromatic rings. The summed E-state index contributed by atoms with van der Waals surface area (Å²) in [6.45, 7) is 0.408. The van der Waals surface area contributed by atoms with Gasteiger partial charge in [-0.15, -0.1) is 0 Å². The summed E-state index contributed by atoms with van der Waals surface area (Å²) in [7, 11) is -3.25. The summed E-state index contributed by atoms with van der Waals surface area (Å²) >= 11 is 0. The van der Waals surface area contributed by atoms with Gasteiger partial charge in [0.2, 0.25) is 0 Å². The molecule has 0 saturated heterocycles. The van der Waals surface area contributed by atoms with E-state index < -0.39 is 15.8 Å². The van der Waals surface area contributed by atoms with Gasteiger partial charge in [-0.05, 0) is 51.7 Å². The maximum atomic E-state index is 13.7. The molecule has 0 saturated carbocycles. The van der Waals surface area contributed by atoms with Crippen LogP contribution in [0.5, 0.6) is 0 Å². The molecule has 0 aromatic heterocycles.